The summed E-state index contributed by atoms with van der Waals surface area (Å²) in [7, 11) is 1.95. The Kier molecular flexibility index (Phi) is 5.50. The van der Waals surface area contributed by atoms with Gasteiger partial charge in [0.05, 0.1) is 13.2 Å². The average Bonchev–Trinajstić information content (AvgIpc) is 2.39. The van der Waals surface area contributed by atoms with E-state index < -0.39 is 0 Å². The SMILES string of the molecule is C=CN(/C=C\[NH2+]C)C(=C)N[NH2+]c1ccc(N)cc1. The number of anilines is 1. The topological polar surface area (TPSA) is 74.5 Å². The van der Waals surface area contributed by atoms with E-state index in [1.165, 1.54) is 0 Å². The summed E-state index contributed by atoms with van der Waals surface area (Å²) in [5.74, 6) is 0.722. The van der Waals surface area contributed by atoms with E-state index in [-0.39, 0.29) is 0 Å². The smallest absolute Gasteiger partial charge is 0.154 e. The summed E-state index contributed by atoms with van der Waals surface area (Å²) in [6, 6.07) is 7.58. The van der Waals surface area contributed by atoms with Gasteiger partial charge in [-0.1, -0.05) is 13.2 Å². The third-order valence-electron chi connectivity index (χ3n) is 2.29. The number of hydrogen-bond donors (Lipinski definition) is 4. The fourth-order valence-corrected chi connectivity index (χ4v) is 1.27. The fraction of sp³-hybridized carbons (Fsp3) is 0.0769. The lowest BCUT2D eigenvalue weighted by molar-refractivity contribution is -0.627. The molecule has 0 aromatic heterocycles. The van der Waals surface area contributed by atoms with E-state index in [0.717, 1.165) is 17.2 Å². The molecule has 0 fully saturated rings. The molecule has 0 radical (unpaired) electrons. The van der Waals surface area contributed by atoms with E-state index >= 15 is 0 Å². The van der Waals surface area contributed by atoms with Gasteiger partial charge in [-0.2, -0.15) is 0 Å². The first kappa shape index (κ1) is 13.8. The Hall–Kier alpha value is -2.24. The second-order valence-corrected chi connectivity index (χ2v) is 3.67. The lowest BCUT2D eigenvalue weighted by Gasteiger charge is -2.16. The molecule has 5 heteroatoms. The number of rotatable bonds is 7. The van der Waals surface area contributed by atoms with Crippen LogP contribution in [-0.4, -0.2) is 11.9 Å². The maximum Gasteiger partial charge on any atom is 0.154 e. The zero-order valence-electron chi connectivity index (χ0n) is 10.6. The molecule has 0 aliphatic rings. The molecule has 0 unspecified atom stereocenters. The van der Waals surface area contributed by atoms with E-state index in [0.29, 0.717) is 0 Å². The minimum atomic E-state index is 0.722. The van der Waals surface area contributed by atoms with Crippen molar-refractivity contribution in [2.45, 2.75) is 0 Å². The van der Waals surface area contributed by atoms with Crippen LogP contribution in [0.3, 0.4) is 0 Å². The van der Waals surface area contributed by atoms with Crippen LogP contribution in [0.4, 0.5) is 11.4 Å². The summed E-state index contributed by atoms with van der Waals surface area (Å²) >= 11 is 0. The van der Waals surface area contributed by atoms with Crippen molar-refractivity contribution >= 4 is 11.4 Å². The summed E-state index contributed by atoms with van der Waals surface area (Å²) in [6.45, 7) is 7.67. The number of nitrogens with two attached hydrogens (primary N) is 3. The quantitative estimate of drug-likeness (QED) is 0.299. The van der Waals surface area contributed by atoms with Crippen LogP contribution in [0.5, 0.6) is 0 Å². The van der Waals surface area contributed by atoms with Gasteiger partial charge >= 0.3 is 0 Å². The largest absolute Gasteiger partial charge is 0.399 e. The van der Waals surface area contributed by atoms with Gasteiger partial charge in [-0.05, 0) is 12.1 Å². The molecule has 1 rings (SSSR count). The molecule has 0 saturated carbocycles. The maximum atomic E-state index is 5.62. The predicted octanol–water partition coefficient (Wildman–Crippen LogP) is -0.451. The monoisotopic (exact) mass is 247 g/mol. The molecule has 0 aliphatic heterocycles. The third kappa shape index (κ3) is 4.32. The molecule has 18 heavy (non-hydrogen) atoms. The van der Waals surface area contributed by atoms with Gasteiger partial charge in [-0.25, -0.2) is 10.9 Å². The van der Waals surface area contributed by atoms with Crippen molar-refractivity contribution in [1.29, 1.82) is 0 Å². The molecule has 1 aromatic carbocycles. The van der Waals surface area contributed by atoms with Crippen molar-refractivity contribution in [2.75, 3.05) is 12.8 Å². The summed E-state index contributed by atoms with van der Waals surface area (Å²) in [5.41, 5.74) is 12.4. The van der Waals surface area contributed by atoms with Gasteiger partial charge in [0.2, 0.25) is 0 Å². The minimum absolute atomic E-state index is 0.722. The molecule has 1 aromatic rings. The lowest BCUT2D eigenvalue weighted by Crippen LogP contribution is -2.88. The predicted molar refractivity (Wildman–Crippen MR) is 73.7 cm³/mol. The van der Waals surface area contributed by atoms with Gasteiger partial charge in [-0.15, -0.1) is 0 Å². The molecule has 7 N–H and O–H groups in total. The standard InChI is InChI=1S/C13H19N5/c1-4-18(10-9-15-3)11(2)16-17-13-7-5-12(14)6-8-13/h4-10,15-17H,1-2,14H2,3H3/p+2/b10-9-. The highest BCUT2D eigenvalue weighted by atomic mass is 15.4. The van der Waals surface area contributed by atoms with E-state index in [1.807, 2.05) is 54.5 Å². The third-order valence-corrected chi connectivity index (χ3v) is 2.29. The number of nitrogens with one attached hydrogen (secondary N) is 1. The first-order valence-electron chi connectivity index (χ1n) is 5.68. The molecular weight excluding hydrogens is 226 g/mol. The highest BCUT2D eigenvalue weighted by Gasteiger charge is 2.02. The van der Waals surface area contributed by atoms with Crippen molar-refractivity contribution in [3.8, 4) is 0 Å². The Morgan fingerprint density at radius 2 is 2.06 bits per heavy atom. The summed E-state index contributed by atoms with van der Waals surface area (Å²) in [4.78, 5) is 1.80. The number of nitrogen functional groups attached to an aromatic ring is 1. The molecule has 0 heterocycles. The first-order chi connectivity index (χ1) is 8.67. The Morgan fingerprint density at radius 3 is 2.61 bits per heavy atom. The van der Waals surface area contributed by atoms with E-state index in [4.69, 9.17) is 5.73 Å². The first-order valence-corrected chi connectivity index (χ1v) is 5.68. The molecule has 0 aliphatic carbocycles. The molecule has 0 spiro atoms. The minimum Gasteiger partial charge on any atom is -0.399 e. The van der Waals surface area contributed by atoms with Gasteiger partial charge in [0.15, 0.2) is 11.5 Å². The van der Waals surface area contributed by atoms with Gasteiger partial charge in [0.1, 0.15) is 6.20 Å². The van der Waals surface area contributed by atoms with Crippen LogP contribution in [0.15, 0.2) is 61.8 Å². The number of benzene rings is 1. The van der Waals surface area contributed by atoms with Crippen molar-refractivity contribution in [3.05, 3.63) is 61.8 Å². The van der Waals surface area contributed by atoms with Crippen LogP contribution < -0.4 is 21.9 Å². The Morgan fingerprint density at radius 1 is 1.39 bits per heavy atom. The Bertz CT molecular complexity index is 422. The second-order valence-electron chi connectivity index (χ2n) is 3.67. The molecular formula is C13H21N5+2. The highest BCUT2D eigenvalue weighted by Crippen LogP contribution is 2.04. The van der Waals surface area contributed by atoms with Crippen LogP contribution in [0.2, 0.25) is 0 Å². The van der Waals surface area contributed by atoms with Crippen molar-refractivity contribution in [2.24, 2.45) is 0 Å². The summed E-state index contributed by atoms with van der Waals surface area (Å²) < 4.78 is 0. The van der Waals surface area contributed by atoms with Crippen LogP contribution in [-0.2, 0) is 0 Å². The molecule has 0 amide bonds. The zero-order valence-corrected chi connectivity index (χ0v) is 10.6. The van der Waals surface area contributed by atoms with E-state index in [1.54, 1.807) is 11.1 Å². The van der Waals surface area contributed by atoms with Crippen molar-refractivity contribution in [1.82, 2.24) is 10.3 Å². The summed E-state index contributed by atoms with van der Waals surface area (Å²) in [5, 5.41) is 1.94. The normalized spacial score (nSPS) is 10.3. The van der Waals surface area contributed by atoms with E-state index in [9.17, 15) is 0 Å². The van der Waals surface area contributed by atoms with Crippen LogP contribution in [0.1, 0.15) is 0 Å². The van der Waals surface area contributed by atoms with Crippen LogP contribution >= 0.6 is 0 Å². The highest BCUT2D eigenvalue weighted by molar-refractivity contribution is 5.43. The van der Waals surface area contributed by atoms with Crippen molar-refractivity contribution < 1.29 is 10.7 Å². The van der Waals surface area contributed by atoms with E-state index in [2.05, 4.69) is 18.6 Å². The molecule has 0 saturated heterocycles. The summed E-state index contributed by atoms with van der Waals surface area (Å²) in [6.07, 6.45) is 5.48. The van der Waals surface area contributed by atoms with Crippen LogP contribution in [0, 0.1) is 0 Å². The van der Waals surface area contributed by atoms with Gasteiger partial charge in [0.25, 0.3) is 0 Å². The number of quaternary nitrogens is 2. The van der Waals surface area contributed by atoms with Gasteiger partial charge in [0, 0.05) is 24.0 Å². The van der Waals surface area contributed by atoms with Gasteiger partial charge < -0.3 is 16.0 Å². The molecule has 0 bridgehead atoms. The molecule has 96 valence electrons. The Balaban J connectivity index is 2.51. The second kappa shape index (κ2) is 7.16. The van der Waals surface area contributed by atoms with Crippen molar-refractivity contribution in [3.63, 3.8) is 0 Å². The number of nitrogens with zero attached hydrogens (tertiary/aromatic N) is 1. The molecule has 5 nitrogen and oxygen atoms in total. The van der Waals surface area contributed by atoms with Crippen LogP contribution in [0.25, 0.3) is 0 Å². The lowest BCUT2D eigenvalue weighted by atomic mass is 10.3. The van der Waals surface area contributed by atoms with Gasteiger partial charge in [-0.3, -0.25) is 0 Å². The fourth-order valence-electron chi connectivity index (χ4n) is 1.27. The zero-order chi connectivity index (χ0) is 13.4. The average molecular weight is 247 g/mol. The maximum absolute atomic E-state index is 5.62. The Labute approximate surface area is 108 Å². The molecule has 0 atom stereocenters. The number of hydrogen-bond acceptors (Lipinski definition) is 3.